The largest absolute Gasteiger partial charge is 0.481 e. The van der Waals surface area contributed by atoms with E-state index in [1.165, 1.54) is 6.20 Å². The maximum absolute atomic E-state index is 11.2. The molecule has 1 N–H and O–H groups in total. The molecule has 0 unspecified atom stereocenters. The predicted molar refractivity (Wildman–Crippen MR) is 52.5 cm³/mol. The van der Waals surface area contributed by atoms with Crippen molar-refractivity contribution >= 4 is 20.2 Å². The minimum atomic E-state index is -0.549. The second-order valence-electron chi connectivity index (χ2n) is 2.40. The first-order valence-electron chi connectivity index (χ1n) is 3.87. The smallest absolute Gasteiger partial charge is 0.339 e. The van der Waals surface area contributed by atoms with Crippen molar-refractivity contribution < 1.29 is 42.2 Å². The van der Waals surface area contributed by atoms with Gasteiger partial charge in [0.15, 0.2) is 0 Å². The number of ether oxygens (including phenoxy) is 1. The van der Waals surface area contributed by atoms with Gasteiger partial charge in [0, 0.05) is 53.1 Å². The molecule has 0 amide bonds. The van der Waals surface area contributed by atoms with E-state index in [-0.39, 0.29) is 59.1 Å². The zero-order chi connectivity index (χ0) is 9.84. The second kappa shape index (κ2) is 7.76. The normalized spacial score (nSPS) is 8.40. The maximum atomic E-state index is 11.2. The van der Waals surface area contributed by atoms with E-state index in [0.717, 1.165) is 0 Å². The van der Waals surface area contributed by atoms with Crippen molar-refractivity contribution in [3.05, 3.63) is 23.3 Å². The summed E-state index contributed by atoms with van der Waals surface area (Å²) in [5, 5.41) is 0. The minimum Gasteiger partial charge on any atom is -0.481 e. The van der Waals surface area contributed by atoms with E-state index in [9.17, 15) is 4.79 Å². The number of aryl methyl sites for hydroxylation is 1. The topological polar surface area (TPSA) is 75.9 Å². The molecule has 15 heavy (non-hydrogen) atoms. The van der Waals surface area contributed by atoms with Gasteiger partial charge in [-0.15, -0.1) is 0 Å². The first-order valence-corrected chi connectivity index (χ1v) is 3.87. The van der Waals surface area contributed by atoms with Gasteiger partial charge in [-0.2, -0.15) is 0 Å². The Morgan fingerprint density at radius 3 is 2.67 bits per heavy atom. The van der Waals surface area contributed by atoms with Crippen LogP contribution >= 0.6 is 0 Å². The van der Waals surface area contributed by atoms with Crippen LogP contribution in [0.3, 0.4) is 0 Å². The molecule has 0 fully saturated rings. The first-order chi connectivity index (χ1) is 6.15. The third kappa shape index (κ3) is 4.71. The summed E-state index contributed by atoms with van der Waals surface area (Å²) in [5.74, 6) is -0.170. The van der Waals surface area contributed by atoms with Crippen LogP contribution in [0, 0.1) is 6.92 Å². The van der Waals surface area contributed by atoms with Gasteiger partial charge in [0.2, 0.25) is 0 Å². The number of aromatic nitrogens is 2. The Labute approximate surface area is 116 Å². The van der Waals surface area contributed by atoms with Gasteiger partial charge >= 0.3 is 5.97 Å². The average Bonchev–Trinajstić information content (AvgIpc) is 2.04. The summed E-state index contributed by atoms with van der Waals surface area (Å²) in [6.45, 7) is 3.65. The molecule has 4 radical (unpaired) electrons. The van der Waals surface area contributed by atoms with Gasteiger partial charge in [-0.05, 0) is 19.7 Å². The van der Waals surface area contributed by atoms with Crippen LogP contribution in [0.5, 0.6) is 0 Å². The average molecular weight is 280 g/mol. The van der Waals surface area contributed by atoms with Gasteiger partial charge in [0.25, 0.3) is 0 Å². The molecule has 1 aromatic heterocycles. The molecule has 1 aromatic rings. The Bertz CT molecular complexity index is 336. The van der Waals surface area contributed by atoms with Crippen LogP contribution in [0.15, 0.2) is 6.20 Å². The Morgan fingerprint density at radius 2 is 2.20 bits per heavy atom. The molecular weight excluding hydrogens is 270 g/mol. The summed E-state index contributed by atoms with van der Waals surface area (Å²) >= 11 is 0. The molecule has 0 aliphatic heterocycles. The van der Waals surface area contributed by atoms with E-state index in [1.54, 1.807) is 13.8 Å². The molecule has 0 saturated heterocycles. The van der Waals surface area contributed by atoms with Crippen LogP contribution in [0.2, 0.25) is 0 Å². The second-order valence-corrected chi connectivity index (χ2v) is 2.40. The van der Waals surface area contributed by atoms with Gasteiger partial charge < -0.3 is 15.5 Å². The number of nitrogens with one attached hydrogen (secondary N) is 1. The van der Waals surface area contributed by atoms with Crippen LogP contribution in [-0.2, 0) is 37.4 Å². The summed E-state index contributed by atoms with van der Waals surface area (Å²) in [4.78, 5) is 18.7. The molecule has 0 spiro atoms. The Morgan fingerprint density at radius 1 is 1.60 bits per heavy atom. The standard InChI is InChI=1S/C8H11N3O2.B.Y/c1-3-13-8(12)6-4-10-5(2)11-7(6)9;;/h4H,3H2,1-2H3,(H2,9,10,11,12);;/p-1. The molecule has 76 valence electrons. The summed E-state index contributed by atoms with van der Waals surface area (Å²) in [6, 6.07) is 0. The van der Waals surface area contributed by atoms with E-state index in [1.807, 2.05) is 0 Å². The molecule has 0 saturated carbocycles. The molecule has 0 atom stereocenters. The zero-order valence-electron chi connectivity index (χ0n) is 8.65. The SMILES string of the molecule is CCOC(=O)c1cnc(C)nc1[NH-].[B].[Y]. The van der Waals surface area contributed by atoms with Crippen molar-refractivity contribution in [1.29, 1.82) is 0 Å². The minimum absolute atomic E-state index is 0. The third-order valence-electron chi connectivity index (χ3n) is 1.40. The van der Waals surface area contributed by atoms with Crippen LogP contribution < -0.4 is 0 Å². The van der Waals surface area contributed by atoms with E-state index in [4.69, 9.17) is 10.5 Å². The Hall–Kier alpha value is -0.481. The first kappa shape index (κ1) is 16.9. The van der Waals surface area contributed by atoms with Crippen molar-refractivity contribution in [2.24, 2.45) is 0 Å². The van der Waals surface area contributed by atoms with Crippen LogP contribution in [0.4, 0.5) is 5.82 Å². The number of rotatable bonds is 2. The number of carbonyl (C=O) groups excluding carboxylic acids is 1. The van der Waals surface area contributed by atoms with E-state index in [2.05, 4.69) is 9.97 Å². The van der Waals surface area contributed by atoms with Gasteiger partial charge in [-0.1, -0.05) is 0 Å². The van der Waals surface area contributed by atoms with E-state index in [0.29, 0.717) is 5.82 Å². The van der Waals surface area contributed by atoms with E-state index >= 15 is 0 Å². The summed E-state index contributed by atoms with van der Waals surface area (Å²) in [7, 11) is 0. The fourth-order valence-corrected chi connectivity index (χ4v) is 0.828. The van der Waals surface area contributed by atoms with Gasteiger partial charge in [0.1, 0.15) is 0 Å². The summed E-state index contributed by atoms with van der Waals surface area (Å²) < 4.78 is 4.71. The number of esters is 1. The van der Waals surface area contributed by atoms with Crippen molar-refractivity contribution in [1.82, 2.24) is 9.97 Å². The van der Waals surface area contributed by atoms with Gasteiger partial charge in [0.05, 0.1) is 12.2 Å². The van der Waals surface area contributed by atoms with Crippen molar-refractivity contribution in [2.75, 3.05) is 6.61 Å². The van der Waals surface area contributed by atoms with Crippen LogP contribution in [0.25, 0.3) is 5.73 Å². The van der Waals surface area contributed by atoms with Crippen molar-refractivity contribution in [2.45, 2.75) is 13.8 Å². The summed E-state index contributed by atoms with van der Waals surface area (Å²) in [6.07, 6.45) is 1.31. The Balaban J connectivity index is 0. The van der Waals surface area contributed by atoms with Crippen molar-refractivity contribution in [3.63, 3.8) is 0 Å². The maximum Gasteiger partial charge on any atom is 0.339 e. The number of nitrogens with zero attached hydrogens (tertiary/aromatic N) is 2. The summed E-state index contributed by atoms with van der Waals surface area (Å²) in [5.41, 5.74) is 7.47. The van der Waals surface area contributed by atoms with Gasteiger partial charge in [-0.3, -0.25) is 4.98 Å². The molecule has 5 nitrogen and oxygen atoms in total. The predicted octanol–water partition coefficient (Wildman–Crippen LogP) is 1.26. The number of hydrogen-bond acceptors (Lipinski definition) is 4. The zero-order valence-corrected chi connectivity index (χ0v) is 11.5. The number of carbonyl (C=O) groups is 1. The van der Waals surface area contributed by atoms with Crippen LogP contribution in [0.1, 0.15) is 23.1 Å². The fourth-order valence-electron chi connectivity index (χ4n) is 0.828. The fraction of sp³-hybridized carbons (Fsp3) is 0.375. The van der Waals surface area contributed by atoms with Crippen LogP contribution in [-0.4, -0.2) is 31.0 Å². The third-order valence-corrected chi connectivity index (χ3v) is 1.40. The van der Waals surface area contributed by atoms with E-state index < -0.39 is 5.97 Å². The number of hydrogen-bond donors (Lipinski definition) is 0. The molecule has 7 heteroatoms. The molecule has 0 aliphatic rings. The van der Waals surface area contributed by atoms with Gasteiger partial charge in [-0.25, -0.2) is 4.79 Å². The van der Waals surface area contributed by atoms with Crippen molar-refractivity contribution in [3.8, 4) is 0 Å². The molecule has 1 heterocycles. The quantitative estimate of drug-likeness (QED) is 0.603. The molecule has 0 bridgehead atoms. The molecule has 1 rings (SSSR count). The Kier molecular flexibility index (Phi) is 8.76. The molecular formula is C8H10BN3O2Y-. The molecule has 0 aromatic carbocycles. The monoisotopic (exact) mass is 280 g/mol. The molecule has 0 aliphatic carbocycles.